The fourth-order valence-corrected chi connectivity index (χ4v) is 1.50. The van der Waals surface area contributed by atoms with Crippen LogP contribution in [0.15, 0.2) is 0 Å². The number of carbonyl (C=O) groups excluding carboxylic acids is 1. The predicted molar refractivity (Wildman–Crippen MR) is 49.5 cm³/mol. The van der Waals surface area contributed by atoms with Crippen LogP contribution in [-0.4, -0.2) is 67.3 Å². The zero-order valence-corrected chi connectivity index (χ0v) is 8.32. The van der Waals surface area contributed by atoms with Gasteiger partial charge >= 0.3 is 6.03 Å². The topological polar surface area (TPSA) is 55.8 Å². The summed E-state index contributed by atoms with van der Waals surface area (Å²) in [6, 6.07) is -0.178. The van der Waals surface area contributed by atoms with Gasteiger partial charge in [-0.25, -0.2) is 4.79 Å². The Morgan fingerprint density at radius 1 is 1.38 bits per heavy atom. The quantitative estimate of drug-likeness (QED) is 0.550. The van der Waals surface area contributed by atoms with E-state index >= 15 is 0 Å². The number of nitrogens with zero attached hydrogens (tertiary/aromatic N) is 2. The Morgan fingerprint density at radius 2 is 2.00 bits per heavy atom. The Bertz CT molecular complexity index is 196. The van der Waals surface area contributed by atoms with E-state index in [4.69, 9.17) is 0 Å². The average Bonchev–Trinajstić information content (AvgIpc) is 2.48. The first-order valence-electron chi connectivity index (χ1n) is 4.37. The third-order valence-electron chi connectivity index (χ3n) is 2.33. The molecule has 1 aliphatic heterocycles. The highest BCUT2D eigenvalue weighted by Gasteiger charge is 2.31. The monoisotopic (exact) mass is 187 g/mol. The van der Waals surface area contributed by atoms with E-state index in [0.717, 1.165) is 0 Å². The minimum absolute atomic E-state index is 0.0762. The molecule has 1 heterocycles. The van der Waals surface area contributed by atoms with Crippen LogP contribution in [-0.2, 0) is 0 Å². The van der Waals surface area contributed by atoms with Crippen LogP contribution in [0.2, 0.25) is 0 Å². The van der Waals surface area contributed by atoms with Gasteiger partial charge in [0.05, 0.1) is 12.1 Å². The summed E-state index contributed by atoms with van der Waals surface area (Å²) in [7, 11) is 5.12. The molecule has 0 aliphatic carbocycles. The lowest BCUT2D eigenvalue weighted by atomic mass is 10.2. The van der Waals surface area contributed by atoms with Crippen LogP contribution in [0.5, 0.6) is 0 Å². The number of carbonyl (C=O) groups is 1. The molecule has 0 unspecified atom stereocenters. The Balaban J connectivity index is 2.56. The molecule has 1 rings (SSSR count). The number of hydrogen-bond acceptors (Lipinski definition) is 3. The van der Waals surface area contributed by atoms with Crippen molar-refractivity contribution in [3.8, 4) is 0 Å². The van der Waals surface area contributed by atoms with Gasteiger partial charge in [-0.3, -0.25) is 0 Å². The standard InChI is InChI=1S/C8H17N3O2/c1-10(2)8(13)11(3)6-4-9-5-7(6)12/h6-7,9,12H,4-5H2,1-3H3/t6-,7-/m0/s1. The van der Waals surface area contributed by atoms with Crippen LogP contribution >= 0.6 is 0 Å². The third kappa shape index (κ3) is 2.10. The summed E-state index contributed by atoms with van der Waals surface area (Å²) in [6.07, 6.45) is -0.450. The molecule has 76 valence electrons. The molecular weight excluding hydrogens is 170 g/mol. The molecule has 1 aliphatic rings. The van der Waals surface area contributed by atoms with Gasteiger partial charge in [0.2, 0.25) is 0 Å². The minimum atomic E-state index is -0.450. The smallest absolute Gasteiger partial charge is 0.319 e. The van der Waals surface area contributed by atoms with Gasteiger partial charge in [0.15, 0.2) is 0 Å². The highest BCUT2D eigenvalue weighted by molar-refractivity contribution is 5.74. The van der Waals surface area contributed by atoms with Crippen molar-refractivity contribution < 1.29 is 9.90 Å². The number of aliphatic hydroxyl groups excluding tert-OH is 1. The zero-order valence-electron chi connectivity index (χ0n) is 8.32. The van der Waals surface area contributed by atoms with E-state index in [1.165, 1.54) is 4.90 Å². The van der Waals surface area contributed by atoms with Crippen molar-refractivity contribution in [2.45, 2.75) is 12.1 Å². The lowest BCUT2D eigenvalue weighted by Crippen LogP contribution is -2.48. The number of rotatable bonds is 1. The first-order chi connectivity index (χ1) is 6.04. The molecule has 0 radical (unpaired) electrons. The maximum absolute atomic E-state index is 11.5. The summed E-state index contributed by atoms with van der Waals surface area (Å²) >= 11 is 0. The van der Waals surface area contributed by atoms with Crippen LogP contribution in [0.25, 0.3) is 0 Å². The first kappa shape index (κ1) is 10.3. The Kier molecular flexibility index (Phi) is 3.11. The number of hydrogen-bond donors (Lipinski definition) is 2. The molecular formula is C8H17N3O2. The molecule has 0 aromatic carbocycles. The van der Waals surface area contributed by atoms with Crippen LogP contribution in [0.4, 0.5) is 4.79 Å². The summed E-state index contributed by atoms with van der Waals surface area (Å²) in [4.78, 5) is 14.6. The summed E-state index contributed by atoms with van der Waals surface area (Å²) < 4.78 is 0. The average molecular weight is 187 g/mol. The number of urea groups is 1. The maximum atomic E-state index is 11.5. The van der Waals surface area contributed by atoms with Crippen molar-refractivity contribution >= 4 is 6.03 Å². The van der Waals surface area contributed by atoms with Crippen molar-refractivity contribution in [3.05, 3.63) is 0 Å². The fraction of sp³-hybridized carbons (Fsp3) is 0.875. The Hall–Kier alpha value is -0.810. The Labute approximate surface area is 78.3 Å². The largest absolute Gasteiger partial charge is 0.390 e. The van der Waals surface area contributed by atoms with Crippen LogP contribution in [0.1, 0.15) is 0 Å². The number of nitrogens with one attached hydrogen (secondary N) is 1. The van der Waals surface area contributed by atoms with Crippen molar-refractivity contribution in [2.24, 2.45) is 0 Å². The van der Waals surface area contributed by atoms with Gasteiger partial charge in [-0.1, -0.05) is 0 Å². The molecule has 1 saturated heterocycles. The number of β-amino-alcohol motifs (C(OH)–C–C–N with tert-alkyl or cyclic N) is 1. The number of likely N-dealkylation sites (N-methyl/N-ethyl adjacent to an activating group) is 1. The van der Waals surface area contributed by atoms with Crippen molar-refractivity contribution in [2.75, 3.05) is 34.2 Å². The summed E-state index contributed by atoms with van der Waals surface area (Å²) in [6.45, 7) is 1.23. The van der Waals surface area contributed by atoms with E-state index in [0.29, 0.717) is 13.1 Å². The Morgan fingerprint density at radius 3 is 2.38 bits per heavy atom. The fourth-order valence-electron chi connectivity index (χ4n) is 1.50. The minimum Gasteiger partial charge on any atom is -0.390 e. The van der Waals surface area contributed by atoms with Crippen LogP contribution in [0, 0.1) is 0 Å². The van der Waals surface area contributed by atoms with E-state index in [1.807, 2.05) is 0 Å². The van der Waals surface area contributed by atoms with Crippen molar-refractivity contribution in [1.29, 1.82) is 0 Å². The van der Waals surface area contributed by atoms with Gasteiger partial charge in [-0.15, -0.1) is 0 Å². The highest BCUT2D eigenvalue weighted by atomic mass is 16.3. The molecule has 5 nitrogen and oxygen atoms in total. The molecule has 0 aromatic rings. The molecule has 0 spiro atoms. The molecule has 5 heteroatoms. The highest BCUT2D eigenvalue weighted by Crippen LogP contribution is 2.08. The molecule has 13 heavy (non-hydrogen) atoms. The zero-order chi connectivity index (χ0) is 10.0. The first-order valence-corrected chi connectivity index (χ1v) is 4.37. The van der Waals surface area contributed by atoms with Gasteiger partial charge in [0, 0.05) is 34.2 Å². The van der Waals surface area contributed by atoms with Gasteiger partial charge in [-0.2, -0.15) is 0 Å². The maximum Gasteiger partial charge on any atom is 0.319 e. The van der Waals surface area contributed by atoms with Crippen LogP contribution < -0.4 is 5.32 Å². The number of aliphatic hydroxyl groups is 1. The lowest BCUT2D eigenvalue weighted by Gasteiger charge is -2.28. The predicted octanol–water partition coefficient (Wildman–Crippen LogP) is -1.07. The molecule has 0 bridgehead atoms. The molecule has 1 fully saturated rings. The summed E-state index contributed by atoms with van der Waals surface area (Å²) in [5.74, 6) is 0. The van der Waals surface area contributed by atoms with Gasteiger partial charge in [0.1, 0.15) is 0 Å². The third-order valence-corrected chi connectivity index (χ3v) is 2.33. The molecule has 0 saturated carbocycles. The van der Waals surface area contributed by atoms with Crippen LogP contribution in [0.3, 0.4) is 0 Å². The summed E-state index contributed by atoms with van der Waals surface area (Å²) in [5.41, 5.74) is 0. The van der Waals surface area contributed by atoms with Gasteiger partial charge in [0.25, 0.3) is 0 Å². The van der Waals surface area contributed by atoms with E-state index in [9.17, 15) is 9.90 Å². The molecule has 2 N–H and O–H groups in total. The number of amides is 2. The van der Waals surface area contributed by atoms with E-state index in [-0.39, 0.29) is 12.1 Å². The lowest BCUT2D eigenvalue weighted by molar-refractivity contribution is 0.0999. The van der Waals surface area contributed by atoms with E-state index in [1.54, 1.807) is 26.0 Å². The van der Waals surface area contributed by atoms with E-state index in [2.05, 4.69) is 5.32 Å². The van der Waals surface area contributed by atoms with Crippen molar-refractivity contribution in [1.82, 2.24) is 15.1 Å². The van der Waals surface area contributed by atoms with E-state index < -0.39 is 6.10 Å². The molecule has 2 amide bonds. The van der Waals surface area contributed by atoms with Gasteiger partial charge in [-0.05, 0) is 0 Å². The summed E-state index contributed by atoms with van der Waals surface area (Å²) in [5, 5.41) is 12.5. The van der Waals surface area contributed by atoms with Gasteiger partial charge < -0.3 is 20.2 Å². The van der Waals surface area contributed by atoms with Crippen molar-refractivity contribution in [3.63, 3.8) is 0 Å². The second-order valence-electron chi connectivity index (χ2n) is 3.58. The second-order valence-corrected chi connectivity index (χ2v) is 3.58. The molecule has 0 aromatic heterocycles. The molecule has 2 atom stereocenters. The normalized spacial score (nSPS) is 27.4. The SMILES string of the molecule is CN(C)C(=O)N(C)[C@H]1CNC[C@@H]1O. The second kappa shape index (κ2) is 3.93.